The first kappa shape index (κ1) is 13.4. The Bertz CT molecular complexity index is 399. The van der Waals surface area contributed by atoms with Gasteiger partial charge in [0.15, 0.2) is 0 Å². The third-order valence-electron chi connectivity index (χ3n) is 2.41. The maximum atomic E-state index is 11.2. The van der Waals surface area contributed by atoms with Crippen LogP contribution in [0.4, 0.5) is 5.82 Å². The second-order valence-corrected chi connectivity index (χ2v) is 4.94. The fourth-order valence-electron chi connectivity index (χ4n) is 1.31. The molecule has 94 valence electrons. The summed E-state index contributed by atoms with van der Waals surface area (Å²) in [5, 5.41) is 0. The number of esters is 1. The van der Waals surface area contributed by atoms with Crippen LogP contribution in [0.1, 0.15) is 26.5 Å². The largest absolute Gasteiger partial charge is 0.468 e. The first-order valence-corrected chi connectivity index (χ1v) is 5.45. The van der Waals surface area contributed by atoms with Gasteiger partial charge in [-0.2, -0.15) is 0 Å². The van der Waals surface area contributed by atoms with Gasteiger partial charge in [0.05, 0.1) is 12.8 Å². The molecule has 1 aromatic heterocycles. The normalized spacial score (nSPS) is 11.1. The van der Waals surface area contributed by atoms with Gasteiger partial charge in [-0.15, -0.1) is 0 Å². The molecule has 1 heterocycles. The first-order valence-electron chi connectivity index (χ1n) is 5.45. The van der Waals surface area contributed by atoms with Gasteiger partial charge in [0.1, 0.15) is 18.7 Å². The van der Waals surface area contributed by atoms with Crippen molar-refractivity contribution in [1.82, 2.24) is 9.97 Å². The van der Waals surface area contributed by atoms with Gasteiger partial charge in [0.2, 0.25) is 0 Å². The zero-order valence-electron chi connectivity index (χ0n) is 11.0. The number of aromatic nitrogens is 2. The van der Waals surface area contributed by atoms with Crippen LogP contribution < -0.4 is 4.90 Å². The highest BCUT2D eigenvalue weighted by Crippen LogP contribution is 2.22. The minimum atomic E-state index is -0.288. The van der Waals surface area contributed by atoms with Crippen LogP contribution >= 0.6 is 0 Å². The van der Waals surface area contributed by atoms with Crippen LogP contribution in [0, 0.1) is 0 Å². The number of methoxy groups -OCH3 is 1. The molecule has 0 unspecified atom stereocenters. The monoisotopic (exact) mass is 237 g/mol. The Labute approximate surface area is 102 Å². The molecule has 17 heavy (non-hydrogen) atoms. The van der Waals surface area contributed by atoms with E-state index in [4.69, 9.17) is 0 Å². The molecule has 0 atom stereocenters. The standard InChI is InChI=1S/C12H19N3O2/c1-12(2,3)9-6-10(14-8-13-9)15(4)7-11(16)17-5/h6,8H,7H2,1-5H3. The van der Waals surface area contributed by atoms with Gasteiger partial charge in [-0.25, -0.2) is 9.97 Å². The number of carbonyl (C=O) groups excluding carboxylic acids is 1. The lowest BCUT2D eigenvalue weighted by Gasteiger charge is -2.21. The summed E-state index contributed by atoms with van der Waals surface area (Å²) in [6.07, 6.45) is 1.52. The maximum Gasteiger partial charge on any atom is 0.325 e. The van der Waals surface area contributed by atoms with Crippen LogP contribution in [0.2, 0.25) is 0 Å². The number of anilines is 1. The lowest BCUT2D eigenvalue weighted by molar-refractivity contribution is -0.138. The van der Waals surface area contributed by atoms with Crippen LogP contribution in [-0.2, 0) is 14.9 Å². The van der Waals surface area contributed by atoms with Crippen molar-refractivity contribution >= 4 is 11.8 Å². The quantitative estimate of drug-likeness (QED) is 0.743. The number of rotatable bonds is 3. The third kappa shape index (κ3) is 3.69. The van der Waals surface area contributed by atoms with Crippen LogP contribution in [0.15, 0.2) is 12.4 Å². The van der Waals surface area contributed by atoms with E-state index in [1.54, 1.807) is 11.9 Å². The Morgan fingerprint density at radius 3 is 2.59 bits per heavy atom. The Morgan fingerprint density at radius 2 is 2.06 bits per heavy atom. The van der Waals surface area contributed by atoms with Gasteiger partial charge in [-0.3, -0.25) is 4.79 Å². The summed E-state index contributed by atoms with van der Waals surface area (Å²) in [7, 11) is 3.17. The predicted molar refractivity (Wildman–Crippen MR) is 66.0 cm³/mol. The van der Waals surface area contributed by atoms with Crippen molar-refractivity contribution in [2.24, 2.45) is 0 Å². The molecule has 0 radical (unpaired) electrons. The van der Waals surface area contributed by atoms with Crippen molar-refractivity contribution in [2.75, 3.05) is 25.6 Å². The number of carbonyl (C=O) groups is 1. The molecule has 0 spiro atoms. The van der Waals surface area contributed by atoms with E-state index in [0.29, 0.717) is 0 Å². The van der Waals surface area contributed by atoms with Crippen LogP contribution in [0.25, 0.3) is 0 Å². The second kappa shape index (κ2) is 5.12. The van der Waals surface area contributed by atoms with Gasteiger partial charge in [0.25, 0.3) is 0 Å². The van der Waals surface area contributed by atoms with Crippen LogP contribution in [0.3, 0.4) is 0 Å². The zero-order chi connectivity index (χ0) is 13.1. The van der Waals surface area contributed by atoms with E-state index < -0.39 is 0 Å². The van der Waals surface area contributed by atoms with E-state index in [0.717, 1.165) is 11.5 Å². The molecule has 0 saturated carbocycles. The van der Waals surface area contributed by atoms with Gasteiger partial charge >= 0.3 is 5.97 Å². The van der Waals surface area contributed by atoms with Crippen LogP contribution in [-0.4, -0.2) is 36.6 Å². The summed E-state index contributed by atoms with van der Waals surface area (Å²) >= 11 is 0. The molecule has 0 bridgehead atoms. The fourth-order valence-corrected chi connectivity index (χ4v) is 1.31. The van der Waals surface area contributed by atoms with Crippen molar-refractivity contribution in [2.45, 2.75) is 26.2 Å². The van der Waals surface area contributed by atoms with Gasteiger partial charge in [-0.05, 0) is 0 Å². The molecule has 0 aromatic carbocycles. The summed E-state index contributed by atoms with van der Waals surface area (Å²) in [5.74, 6) is 0.429. The molecule has 0 aliphatic rings. The number of ether oxygens (including phenoxy) is 1. The molecule has 0 aliphatic heterocycles. The maximum absolute atomic E-state index is 11.2. The second-order valence-electron chi connectivity index (χ2n) is 4.94. The average Bonchev–Trinajstić information content (AvgIpc) is 2.28. The molecule has 1 rings (SSSR count). The number of nitrogens with zero attached hydrogens (tertiary/aromatic N) is 3. The molecule has 0 N–H and O–H groups in total. The fraction of sp³-hybridized carbons (Fsp3) is 0.583. The molecule has 5 nitrogen and oxygen atoms in total. The van der Waals surface area contributed by atoms with Crippen molar-refractivity contribution in [3.63, 3.8) is 0 Å². The van der Waals surface area contributed by atoms with Crippen molar-refractivity contribution < 1.29 is 9.53 Å². The molecule has 0 saturated heterocycles. The summed E-state index contributed by atoms with van der Waals surface area (Å²) in [4.78, 5) is 21.3. The molecular formula is C12H19N3O2. The molecule has 5 heteroatoms. The van der Waals surface area contributed by atoms with Gasteiger partial charge in [0, 0.05) is 18.5 Å². The number of hydrogen-bond donors (Lipinski definition) is 0. The van der Waals surface area contributed by atoms with Gasteiger partial charge < -0.3 is 9.64 Å². The minimum absolute atomic E-state index is 0.0379. The number of hydrogen-bond acceptors (Lipinski definition) is 5. The van der Waals surface area contributed by atoms with E-state index in [-0.39, 0.29) is 17.9 Å². The van der Waals surface area contributed by atoms with E-state index in [2.05, 4.69) is 35.5 Å². The van der Waals surface area contributed by atoms with E-state index in [1.807, 2.05) is 6.07 Å². The van der Waals surface area contributed by atoms with E-state index in [1.165, 1.54) is 13.4 Å². The molecule has 0 fully saturated rings. The lowest BCUT2D eigenvalue weighted by Crippen LogP contribution is -2.27. The molecule has 1 aromatic rings. The summed E-state index contributed by atoms with van der Waals surface area (Å²) in [6.45, 7) is 6.43. The smallest absolute Gasteiger partial charge is 0.325 e. The highest BCUT2D eigenvalue weighted by atomic mass is 16.5. The average molecular weight is 237 g/mol. The topological polar surface area (TPSA) is 55.3 Å². The zero-order valence-corrected chi connectivity index (χ0v) is 11.0. The summed E-state index contributed by atoms with van der Waals surface area (Å²) < 4.78 is 4.62. The van der Waals surface area contributed by atoms with Crippen molar-refractivity contribution in [3.05, 3.63) is 18.1 Å². The highest BCUT2D eigenvalue weighted by molar-refractivity contribution is 5.74. The van der Waals surface area contributed by atoms with Crippen LogP contribution in [0.5, 0.6) is 0 Å². The van der Waals surface area contributed by atoms with Crippen molar-refractivity contribution in [3.8, 4) is 0 Å². The Balaban J connectivity index is 2.88. The summed E-state index contributed by atoms with van der Waals surface area (Å²) in [6, 6.07) is 1.89. The lowest BCUT2D eigenvalue weighted by atomic mass is 9.92. The predicted octanol–water partition coefficient (Wildman–Crippen LogP) is 1.38. The highest BCUT2D eigenvalue weighted by Gasteiger charge is 2.17. The SMILES string of the molecule is COC(=O)CN(C)c1cc(C(C)(C)C)ncn1. The molecule has 0 amide bonds. The minimum Gasteiger partial charge on any atom is -0.468 e. The Kier molecular flexibility index (Phi) is 4.04. The molecule has 0 aliphatic carbocycles. The Hall–Kier alpha value is -1.65. The van der Waals surface area contributed by atoms with E-state index >= 15 is 0 Å². The van der Waals surface area contributed by atoms with Gasteiger partial charge in [-0.1, -0.05) is 20.8 Å². The summed E-state index contributed by atoms with van der Waals surface area (Å²) in [5.41, 5.74) is 0.906. The Morgan fingerprint density at radius 1 is 1.41 bits per heavy atom. The number of likely N-dealkylation sites (N-methyl/N-ethyl adjacent to an activating group) is 1. The molecular weight excluding hydrogens is 218 g/mol. The van der Waals surface area contributed by atoms with E-state index in [9.17, 15) is 4.79 Å². The third-order valence-corrected chi connectivity index (χ3v) is 2.41. The first-order chi connectivity index (χ1) is 7.84. The van der Waals surface area contributed by atoms with Crippen molar-refractivity contribution in [1.29, 1.82) is 0 Å².